The van der Waals surface area contributed by atoms with E-state index in [2.05, 4.69) is 10.6 Å². The van der Waals surface area contributed by atoms with E-state index in [0.717, 1.165) is 24.1 Å². The maximum atomic E-state index is 12.3. The highest BCUT2D eigenvalue weighted by molar-refractivity contribution is 5.92. The minimum atomic E-state index is -0.323. The summed E-state index contributed by atoms with van der Waals surface area (Å²) < 4.78 is 0. The van der Waals surface area contributed by atoms with Crippen LogP contribution in [0.25, 0.3) is 0 Å². The number of rotatable bonds is 6. The Labute approximate surface area is 144 Å². The molecule has 1 aromatic rings. The van der Waals surface area contributed by atoms with E-state index < -0.39 is 0 Å². The van der Waals surface area contributed by atoms with Gasteiger partial charge in [-0.15, -0.1) is 0 Å². The molecule has 1 atom stereocenters. The average Bonchev–Trinajstić information content (AvgIpc) is 2.57. The first-order valence-corrected chi connectivity index (χ1v) is 8.83. The van der Waals surface area contributed by atoms with Gasteiger partial charge in [0.05, 0.1) is 12.6 Å². The molecule has 1 aliphatic rings. The number of carbonyl (C=O) groups excluding carboxylic acids is 2. The number of aryl methyl sites for hydroxylation is 1. The molecule has 132 valence electrons. The molecule has 0 saturated heterocycles. The van der Waals surface area contributed by atoms with Crippen LogP contribution in [0.3, 0.4) is 0 Å². The second-order valence-corrected chi connectivity index (χ2v) is 6.85. The van der Waals surface area contributed by atoms with Gasteiger partial charge >= 0.3 is 0 Å². The van der Waals surface area contributed by atoms with E-state index >= 15 is 0 Å². The number of likely N-dealkylation sites (N-methyl/N-ethyl adjacent to an activating group) is 1. The molecule has 24 heavy (non-hydrogen) atoms. The molecule has 2 N–H and O–H groups in total. The Morgan fingerprint density at radius 2 is 1.79 bits per heavy atom. The molecule has 1 unspecified atom stereocenters. The summed E-state index contributed by atoms with van der Waals surface area (Å²) in [7, 11) is 1.81. The van der Waals surface area contributed by atoms with Gasteiger partial charge in [-0.05, 0) is 45.9 Å². The molecule has 1 aromatic carbocycles. The fraction of sp³-hybridized carbons (Fsp3) is 0.579. The number of nitrogens with one attached hydrogen (secondary N) is 2. The van der Waals surface area contributed by atoms with Crippen molar-refractivity contribution >= 4 is 17.5 Å². The second-order valence-electron chi connectivity index (χ2n) is 6.85. The van der Waals surface area contributed by atoms with Gasteiger partial charge in [0.15, 0.2) is 0 Å². The molecular weight excluding hydrogens is 302 g/mol. The van der Waals surface area contributed by atoms with E-state index in [1.165, 1.54) is 19.3 Å². The lowest BCUT2D eigenvalue weighted by Crippen LogP contribution is -2.49. The molecule has 1 aliphatic carbocycles. The number of anilines is 1. The first-order chi connectivity index (χ1) is 11.5. The molecule has 5 heteroatoms. The standard InChI is InChI=1S/C19H29N3O2/c1-14-9-11-17(12-10-14)20-18(23)13-22(3)15(2)19(24)21-16-7-5-4-6-8-16/h9-12,15-16H,4-8,13H2,1-3H3,(H,20,23)(H,21,24). The van der Waals surface area contributed by atoms with Crippen LogP contribution in [0.15, 0.2) is 24.3 Å². The lowest BCUT2D eigenvalue weighted by Gasteiger charge is -2.28. The molecule has 2 amide bonds. The van der Waals surface area contributed by atoms with E-state index in [1.807, 2.05) is 38.1 Å². The maximum absolute atomic E-state index is 12.3. The average molecular weight is 331 g/mol. The molecule has 0 aromatic heterocycles. The van der Waals surface area contributed by atoms with Gasteiger partial charge in [-0.25, -0.2) is 0 Å². The third-order valence-corrected chi connectivity index (χ3v) is 4.72. The van der Waals surface area contributed by atoms with Gasteiger partial charge in [0.25, 0.3) is 0 Å². The van der Waals surface area contributed by atoms with Gasteiger partial charge < -0.3 is 10.6 Å². The zero-order valence-electron chi connectivity index (χ0n) is 15.0. The van der Waals surface area contributed by atoms with Gasteiger partial charge in [0.1, 0.15) is 0 Å². The molecule has 0 radical (unpaired) electrons. The second kappa shape index (κ2) is 8.83. The summed E-state index contributed by atoms with van der Waals surface area (Å²) in [6, 6.07) is 7.65. The molecule has 0 heterocycles. The summed E-state index contributed by atoms with van der Waals surface area (Å²) in [5, 5.41) is 5.98. The lowest BCUT2D eigenvalue weighted by atomic mass is 9.95. The van der Waals surface area contributed by atoms with Gasteiger partial charge in [0, 0.05) is 11.7 Å². The van der Waals surface area contributed by atoms with Crippen molar-refractivity contribution in [2.75, 3.05) is 18.9 Å². The topological polar surface area (TPSA) is 61.4 Å². The Hall–Kier alpha value is -1.88. The minimum Gasteiger partial charge on any atom is -0.352 e. The molecule has 2 rings (SSSR count). The Bertz CT molecular complexity index is 550. The predicted molar refractivity (Wildman–Crippen MR) is 96.9 cm³/mol. The Morgan fingerprint density at radius 1 is 1.17 bits per heavy atom. The summed E-state index contributed by atoms with van der Waals surface area (Å²) in [5.41, 5.74) is 1.93. The summed E-state index contributed by atoms with van der Waals surface area (Å²) in [6.45, 7) is 4.04. The quantitative estimate of drug-likeness (QED) is 0.842. The monoisotopic (exact) mass is 331 g/mol. The molecular formula is C19H29N3O2. The highest BCUT2D eigenvalue weighted by atomic mass is 16.2. The van der Waals surface area contributed by atoms with E-state index in [1.54, 1.807) is 11.9 Å². The van der Waals surface area contributed by atoms with Crippen LogP contribution in [0.4, 0.5) is 5.69 Å². The third kappa shape index (κ3) is 5.64. The molecule has 5 nitrogen and oxygen atoms in total. The van der Waals surface area contributed by atoms with Crippen LogP contribution in [0.1, 0.15) is 44.6 Å². The van der Waals surface area contributed by atoms with Crippen molar-refractivity contribution < 1.29 is 9.59 Å². The number of carbonyl (C=O) groups is 2. The van der Waals surface area contributed by atoms with Crippen molar-refractivity contribution in [2.24, 2.45) is 0 Å². The molecule has 0 aliphatic heterocycles. The van der Waals surface area contributed by atoms with Crippen LogP contribution in [-0.2, 0) is 9.59 Å². The molecule has 1 fully saturated rings. The number of hydrogen-bond acceptors (Lipinski definition) is 3. The van der Waals surface area contributed by atoms with Crippen molar-refractivity contribution in [3.05, 3.63) is 29.8 Å². The van der Waals surface area contributed by atoms with E-state index in [-0.39, 0.29) is 24.4 Å². The van der Waals surface area contributed by atoms with Crippen molar-refractivity contribution in [2.45, 2.75) is 58.0 Å². The van der Waals surface area contributed by atoms with E-state index in [0.29, 0.717) is 6.04 Å². The van der Waals surface area contributed by atoms with Crippen LogP contribution >= 0.6 is 0 Å². The van der Waals surface area contributed by atoms with E-state index in [4.69, 9.17) is 0 Å². The predicted octanol–water partition coefficient (Wildman–Crippen LogP) is 2.70. The molecule has 0 spiro atoms. The SMILES string of the molecule is Cc1ccc(NC(=O)CN(C)C(C)C(=O)NC2CCCCC2)cc1. The first kappa shape index (κ1) is 18.5. The third-order valence-electron chi connectivity index (χ3n) is 4.72. The summed E-state index contributed by atoms with van der Waals surface area (Å²) in [5.74, 6) is -0.105. The number of amides is 2. The van der Waals surface area contributed by atoms with Crippen LogP contribution in [0.5, 0.6) is 0 Å². The Balaban J connectivity index is 1.79. The first-order valence-electron chi connectivity index (χ1n) is 8.83. The summed E-state index contributed by atoms with van der Waals surface area (Å²) >= 11 is 0. The zero-order chi connectivity index (χ0) is 17.5. The van der Waals surface area contributed by atoms with Crippen molar-refractivity contribution in [3.8, 4) is 0 Å². The fourth-order valence-electron chi connectivity index (χ4n) is 2.97. The number of benzene rings is 1. The molecule has 0 bridgehead atoms. The maximum Gasteiger partial charge on any atom is 0.238 e. The van der Waals surface area contributed by atoms with Gasteiger partial charge in [-0.3, -0.25) is 14.5 Å². The Kier molecular flexibility index (Phi) is 6.79. The summed E-state index contributed by atoms with van der Waals surface area (Å²) in [4.78, 5) is 26.3. The minimum absolute atomic E-state index is 0.00698. The highest BCUT2D eigenvalue weighted by Crippen LogP contribution is 2.17. The van der Waals surface area contributed by atoms with Crippen molar-refractivity contribution in [3.63, 3.8) is 0 Å². The highest BCUT2D eigenvalue weighted by Gasteiger charge is 2.23. The Morgan fingerprint density at radius 3 is 2.42 bits per heavy atom. The van der Waals surface area contributed by atoms with E-state index in [9.17, 15) is 9.59 Å². The fourth-order valence-corrected chi connectivity index (χ4v) is 2.97. The molecule has 1 saturated carbocycles. The van der Waals surface area contributed by atoms with Gasteiger partial charge in [0.2, 0.25) is 11.8 Å². The van der Waals surface area contributed by atoms with Gasteiger partial charge in [-0.2, -0.15) is 0 Å². The van der Waals surface area contributed by atoms with Gasteiger partial charge in [-0.1, -0.05) is 37.0 Å². The normalized spacial score (nSPS) is 16.7. The zero-order valence-corrected chi connectivity index (χ0v) is 15.0. The van der Waals surface area contributed by atoms with Crippen LogP contribution < -0.4 is 10.6 Å². The van der Waals surface area contributed by atoms with Crippen LogP contribution in [-0.4, -0.2) is 42.4 Å². The largest absolute Gasteiger partial charge is 0.352 e. The van der Waals surface area contributed by atoms with Crippen LogP contribution in [0, 0.1) is 6.92 Å². The van der Waals surface area contributed by atoms with Crippen LogP contribution in [0.2, 0.25) is 0 Å². The lowest BCUT2D eigenvalue weighted by molar-refractivity contribution is -0.127. The number of hydrogen-bond donors (Lipinski definition) is 2. The smallest absolute Gasteiger partial charge is 0.238 e. The van der Waals surface area contributed by atoms with Crippen molar-refractivity contribution in [1.29, 1.82) is 0 Å². The van der Waals surface area contributed by atoms with Crippen molar-refractivity contribution in [1.82, 2.24) is 10.2 Å². The summed E-state index contributed by atoms with van der Waals surface area (Å²) in [6.07, 6.45) is 5.77. The number of nitrogens with zero attached hydrogens (tertiary/aromatic N) is 1.